The quantitative estimate of drug-likeness (QED) is 0.443. The van der Waals surface area contributed by atoms with Gasteiger partial charge in [-0.2, -0.15) is 0 Å². The van der Waals surface area contributed by atoms with Crippen LogP contribution >= 0.6 is 11.8 Å². The lowest BCUT2D eigenvalue weighted by atomic mass is 10.1. The number of nitrogens with zero attached hydrogens (tertiary/aromatic N) is 2. The summed E-state index contributed by atoms with van der Waals surface area (Å²) in [5.74, 6) is -1.34. The molecule has 144 valence electrons. The smallest absolute Gasteiger partial charge is 0.213 e. The van der Waals surface area contributed by atoms with Gasteiger partial charge in [0.15, 0.2) is 0 Å². The predicted octanol–water partition coefficient (Wildman–Crippen LogP) is 1.26. The fourth-order valence-electron chi connectivity index (χ4n) is 2.41. The second-order valence-electron chi connectivity index (χ2n) is 5.78. The number of thioether (sulfide) groups is 1. The monoisotopic (exact) mass is 397 g/mol. The van der Waals surface area contributed by atoms with Gasteiger partial charge in [0, 0.05) is 16.9 Å². The maximum absolute atomic E-state index is 11.5. The van der Waals surface area contributed by atoms with Gasteiger partial charge >= 0.3 is 0 Å². The third kappa shape index (κ3) is 4.68. The maximum Gasteiger partial charge on any atom is 0.213 e. The van der Waals surface area contributed by atoms with Gasteiger partial charge in [-0.05, 0) is 48.0 Å². The standard InChI is InChI=1S/C19H17N3O5S/c1-2-4-16-20-19(22-21-16)28-15(18(25)26)10-13-7-8-14(27-13)11-5-3-6-12(9-11)17(23)24/h3,5-10H,2,4H2,1H3,(H,23,24)(H,25,26)(H,20,21,22)/p-2/b15-10+. The SMILES string of the molecule is CCCc1nc(S/C(=C/c2ccc(-c3cccc(C(=O)[O-])c3)o2)C(=O)[O-])n[nH]1. The first-order valence-electron chi connectivity index (χ1n) is 8.40. The highest BCUT2D eigenvalue weighted by Gasteiger charge is 2.11. The van der Waals surface area contributed by atoms with E-state index >= 15 is 0 Å². The van der Waals surface area contributed by atoms with Gasteiger partial charge < -0.3 is 24.2 Å². The van der Waals surface area contributed by atoms with Gasteiger partial charge in [-0.25, -0.2) is 4.98 Å². The Hall–Kier alpha value is -3.33. The highest BCUT2D eigenvalue weighted by atomic mass is 32.2. The Morgan fingerprint density at radius 2 is 2.07 bits per heavy atom. The number of benzene rings is 1. The summed E-state index contributed by atoms with van der Waals surface area (Å²) in [5, 5.41) is 29.5. The lowest BCUT2D eigenvalue weighted by Crippen LogP contribution is -2.23. The van der Waals surface area contributed by atoms with Crippen molar-refractivity contribution in [2.75, 3.05) is 0 Å². The summed E-state index contributed by atoms with van der Waals surface area (Å²) in [7, 11) is 0. The molecule has 1 aromatic carbocycles. The molecule has 0 atom stereocenters. The third-order valence-corrected chi connectivity index (χ3v) is 4.55. The number of carbonyl (C=O) groups is 2. The Kier molecular flexibility index (Phi) is 5.95. The van der Waals surface area contributed by atoms with E-state index < -0.39 is 11.9 Å². The van der Waals surface area contributed by atoms with E-state index in [1.807, 2.05) is 6.92 Å². The Bertz CT molecular complexity index is 1040. The van der Waals surface area contributed by atoms with Crippen molar-refractivity contribution < 1.29 is 24.2 Å². The number of aromatic carboxylic acids is 1. The molecular formula is C19H15N3O5S-2. The average Bonchev–Trinajstić information content (AvgIpc) is 3.31. The van der Waals surface area contributed by atoms with Crippen molar-refractivity contribution >= 4 is 29.8 Å². The Labute approximate surface area is 164 Å². The molecule has 0 fully saturated rings. The topological polar surface area (TPSA) is 135 Å². The zero-order valence-electron chi connectivity index (χ0n) is 14.8. The first kappa shape index (κ1) is 19.4. The van der Waals surface area contributed by atoms with E-state index in [1.54, 1.807) is 24.3 Å². The van der Waals surface area contributed by atoms with Crippen LogP contribution in [0.1, 0.15) is 35.3 Å². The molecule has 0 aliphatic rings. The molecular weight excluding hydrogens is 382 g/mol. The minimum Gasteiger partial charge on any atom is -0.545 e. The van der Waals surface area contributed by atoms with E-state index in [1.165, 1.54) is 18.2 Å². The number of carbonyl (C=O) groups excluding carboxylic acids is 2. The molecule has 0 unspecified atom stereocenters. The van der Waals surface area contributed by atoms with Crippen LogP contribution in [-0.4, -0.2) is 27.1 Å². The van der Waals surface area contributed by atoms with Crippen LogP contribution < -0.4 is 10.2 Å². The number of hydrogen-bond donors (Lipinski definition) is 1. The molecule has 2 aromatic heterocycles. The number of H-pyrrole nitrogens is 1. The molecule has 1 N–H and O–H groups in total. The average molecular weight is 397 g/mol. The molecule has 28 heavy (non-hydrogen) atoms. The van der Waals surface area contributed by atoms with E-state index in [2.05, 4.69) is 15.2 Å². The summed E-state index contributed by atoms with van der Waals surface area (Å²) in [6, 6.07) is 9.26. The van der Waals surface area contributed by atoms with Crippen LogP contribution in [0.15, 0.2) is 50.9 Å². The van der Waals surface area contributed by atoms with E-state index in [9.17, 15) is 19.8 Å². The second-order valence-corrected chi connectivity index (χ2v) is 6.79. The number of aromatic nitrogens is 3. The Morgan fingerprint density at radius 1 is 1.25 bits per heavy atom. The van der Waals surface area contributed by atoms with Crippen LogP contribution in [0, 0.1) is 0 Å². The lowest BCUT2D eigenvalue weighted by molar-refractivity contribution is -0.298. The maximum atomic E-state index is 11.5. The van der Waals surface area contributed by atoms with Gasteiger partial charge in [-0.1, -0.05) is 25.1 Å². The molecule has 9 heteroatoms. The fourth-order valence-corrected chi connectivity index (χ4v) is 3.12. The molecule has 0 saturated carbocycles. The molecule has 0 aliphatic heterocycles. The molecule has 2 heterocycles. The minimum absolute atomic E-state index is 0.0180. The highest BCUT2D eigenvalue weighted by molar-refractivity contribution is 8.04. The Balaban J connectivity index is 1.83. The van der Waals surface area contributed by atoms with E-state index in [0.717, 1.165) is 18.2 Å². The number of hydrogen-bond acceptors (Lipinski definition) is 8. The molecule has 0 amide bonds. The van der Waals surface area contributed by atoms with Crippen LogP contribution in [0.3, 0.4) is 0 Å². The second kappa shape index (κ2) is 8.57. The summed E-state index contributed by atoms with van der Waals surface area (Å²) < 4.78 is 5.62. The number of nitrogens with one attached hydrogen (secondary N) is 1. The highest BCUT2D eigenvalue weighted by Crippen LogP contribution is 2.28. The first-order chi connectivity index (χ1) is 13.5. The molecule has 0 aliphatic carbocycles. The van der Waals surface area contributed by atoms with Crippen molar-refractivity contribution in [2.24, 2.45) is 0 Å². The van der Waals surface area contributed by atoms with Crippen molar-refractivity contribution in [3.63, 3.8) is 0 Å². The van der Waals surface area contributed by atoms with Crippen molar-refractivity contribution in [1.82, 2.24) is 15.2 Å². The zero-order valence-corrected chi connectivity index (χ0v) is 15.6. The number of carboxylic acid groups (broad SMARTS) is 2. The minimum atomic E-state index is -1.39. The molecule has 0 saturated heterocycles. The van der Waals surface area contributed by atoms with Crippen LogP contribution in [0.2, 0.25) is 0 Å². The number of aromatic amines is 1. The normalized spacial score (nSPS) is 11.5. The molecule has 0 radical (unpaired) electrons. The number of furan rings is 1. The van der Waals surface area contributed by atoms with Crippen LogP contribution in [0.4, 0.5) is 0 Å². The van der Waals surface area contributed by atoms with Crippen LogP contribution in [-0.2, 0) is 11.2 Å². The van der Waals surface area contributed by atoms with Crippen molar-refractivity contribution in [2.45, 2.75) is 24.9 Å². The molecule has 3 rings (SSSR count). The van der Waals surface area contributed by atoms with E-state index in [-0.39, 0.29) is 21.4 Å². The molecule has 3 aromatic rings. The summed E-state index contributed by atoms with van der Waals surface area (Å²) in [5.41, 5.74) is 0.548. The summed E-state index contributed by atoms with van der Waals surface area (Å²) in [6.07, 6.45) is 2.91. The van der Waals surface area contributed by atoms with Gasteiger partial charge in [0.2, 0.25) is 5.16 Å². The van der Waals surface area contributed by atoms with Crippen molar-refractivity contribution in [1.29, 1.82) is 0 Å². The van der Waals surface area contributed by atoms with E-state index in [4.69, 9.17) is 4.42 Å². The third-order valence-electron chi connectivity index (χ3n) is 3.68. The number of aliphatic carboxylic acids is 1. The zero-order chi connectivity index (χ0) is 20.1. The molecule has 8 nitrogen and oxygen atoms in total. The fraction of sp³-hybridized carbons (Fsp3) is 0.158. The first-order valence-corrected chi connectivity index (χ1v) is 9.21. The van der Waals surface area contributed by atoms with Crippen LogP contribution in [0.5, 0.6) is 0 Å². The van der Waals surface area contributed by atoms with Crippen molar-refractivity contribution in [3.8, 4) is 11.3 Å². The van der Waals surface area contributed by atoms with Gasteiger partial charge in [0.05, 0.1) is 11.9 Å². The molecule has 0 spiro atoms. The van der Waals surface area contributed by atoms with Crippen LogP contribution in [0.25, 0.3) is 17.4 Å². The van der Waals surface area contributed by atoms with Gasteiger partial charge in [-0.15, -0.1) is 5.10 Å². The lowest BCUT2D eigenvalue weighted by Gasteiger charge is -2.05. The Morgan fingerprint density at radius 3 is 2.79 bits per heavy atom. The summed E-state index contributed by atoms with van der Waals surface area (Å²) in [6.45, 7) is 2.00. The van der Waals surface area contributed by atoms with E-state index in [0.29, 0.717) is 23.6 Å². The van der Waals surface area contributed by atoms with Gasteiger partial charge in [-0.3, -0.25) is 5.10 Å². The summed E-state index contributed by atoms with van der Waals surface area (Å²) >= 11 is 0.849. The predicted molar refractivity (Wildman–Crippen MR) is 97.7 cm³/mol. The molecule has 0 bridgehead atoms. The van der Waals surface area contributed by atoms with Gasteiger partial charge in [0.1, 0.15) is 17.3 Å². The van der Waals surface area contributed by atoms with Crippen molar-refractivity contribution in [3.05, 3.63) is 58.5 Å². The van der Waals surface area contributed by atoms with Gasteiger partial charge in [0.25, 0.3) is 0 Å². The largest absolute Gasteiger partial charge is 0.545 e. The number of carboxylic acids is 2. The number of aryl methyl sites for hydroxylation is 1. The summed E-state index contributed by atoms with van der Waals surface area (Å²) in [4.78, 5) is 26.5. The number of rotatable bonds is 8.